The maximum Gasteiger partial charge on any atom is 0.488 e. The molecule has 0 saturated heterocycles. The Balaban J connectivity index is 3.15. The molecule has 5 heteroatoms. The van der Waals surface area contributed by atoms with E-state index in [0.717, 1.165) is 11.1 Å². The molecule has 0 fully saturated rings. The van der Waals surface area contributed by atoms with Gasteiger partial charge in [0.2, 0.25) is 0 Å². The second-order valence-corrected chi connectivity index (χ2v) is 10.1. The molecule has 0 amide bonds. The van der Waals surface area contributed by atoms with Crippen LogP contribution in [0, 0.1) is 11.5 Å². The van der Waals surface area contributed by atoms with Crippen molar-refractivity contribution in [2.24, 2.45) is 0 Å². The van der Waals surface area contributed by atoms with Crippen molar-refractivity contribution in [1.29, 1.82) is 0 Å². The first-order valence-electron chi connectivity index (χ1n) is 5.46. The van der Waals surface area contributed by atoms with E-state index < -0.39 is 15.2 Å². The lowest BCUT2D eigenvalue weighted by atomic mass is 9.79. The predicted molar refractivity (Wildman–Crippen MR) is 79.2 cm³/mol. The first-order valence-corrected chi connectivity index (χ1v) is 9.59. The average Bonchev–Trinajstić information content (AvgIpc) is 2.25. The smallest absolute Gasteiger partial charge is 0.423 e. The van der Waals surface area contributed by atoms with Gasteiger partial charge in [0.15, 0.2) is 0 Å². The Morgan fingerprint density at radius 2 is 1.88 bits per heavy atom. The number of rotatable bonds is 2. The van der Waals surface area contributed by atoms with Crippen LogP contribution in [0.1, 0.15) is 11.1 Å². The van der Waals surface area contributed by atoms with Crippen LogP contribution in [0.3, 0.4) is 0 Å². The molecule has 0 saturated carbocycles. The molecule has 2 nitrogen and oxygen atoms in total. The first kappa shape index (κ1) is 14.4. The summed E-state index contributed by atoms with van der Waals surface area (Å²) in [6.07, 6.45) is 0. The molecule has 0 unspecified atom stereocenters. The van der Waals surface area contributed by atoms with Gasteiger partial charge in [-0.3, -0.25) is 0 Å². The van der Waals surface area contributed by atoms with Crippen LogP contribution in [0.15, 0.2) is 18.2 Å². The van der Waals surface area contributed by atoms with Crippen LogP contribution in [0.5, 0.6) is 0 Å². The third-order valence-corrected chi connectivity index (χ3v) is 3.32. The lowest BCUT2D eigenvalue weighted by molar-refractivity contribution is 0.425. The highest BCUT2D eigenvalue weighted by molar-refractivity contribution is 7.79. The summed E-state index contributed by atoms with van der Waals surface area (Å²) in [5.74, 6) is 3.67. The van der Waals surface area contributed by atoms with Gasteiger partial charge in [0.05, 0.1) is 0 Å². The molecule has 17 heavy (non-hydrogen) atoms. The SMILES string of the molecule is C[Si](C)(C)C#Cc1cc(CS)cc(B(O)O)c1. The zero-order valence-electron chi connectivity index (χ0n) is 10.4. The van der Waals surface area contributed by atoms with Gasteiger partial charge in [0.25, 0.3) is 0 Å². The molecule has 0 aromatic heterocycles. The molecule has 0 aliphatic heterocycles. The standard InChI is InChI=1S/C12H17BO2SSi/c1-17(2,3)5-4-10-6-11(9-16)8-12(7-10)13(14)15/h6-8,14-16H,9H2,1-3H3. The first-order chi connectivity index (χ1) is 7.81. The number of hydrogen-bond acceptors (Lipinski definition) is 3. The summed E-state index contributed by atoms with van der Waals surface area (Å²) in [4.78, 5) is 0. The van der Waals surface area contributed by atoms with Crippen molar-refractivity contribution in [3.8, 4) is 11.5 Å². The second kappa shape index (κ2) is 5.78. The van der Waals surface area contributed by atoms with Crippen molar-refractivity contribution in [1.82, 2.24) is 0 Å². The Kier molecular flexibility index (Phi) is 4.90. The molecule has 0 aliphatic rings. The van der Waals surface area contributed by atoms with Gasteiger partial charge in [-0.2, -0.15) is 12.6 Å². The van der Waals surface area contributed by atoms with Gasteiger partial charge in [-0.25, -0.2) is 0 Å². The summed E-state index contributed by atoms with van der Waals surface area (Å²) in [7, 11) is -2.87. The summed E-state index contributed by atoms with van der Waals surface area (Å²) in [5, 5.41) is 18.4. The zero-order chi connectivity index (χ0) is 13.1. The summed E-state index contributed by atoms with van der Waals surface area (Å²) >= 11 is 4.20. The molecule has 1 rings (SSSR count). The third kappa shape index (κ3) is 5.01. The topological polar surface area (TPSA) is 40.5 Å². The Morgan fingerprint density at radius 1 is 1.24 bits per heavy atom. The largest absolute Gasteiger partial charge is 0.488 e. The van der Waals surface area contributed by atoms with Crippen LogP contribution >= 0.6 is 12.6 Å². The lowest BCUT2D eigenvalue weighted by Crippen LogP contribution is -2.30. The van der Waals surface area contributed by atoms with Crippen LogP contribution in [-0.2, 0) is 5.75 Å². The van der Waals surface area contributed by atoms with E-state index in [1.54, 1.807) is 12.1 Å². The minimum absolute atomic E-state index is 0.469. The van der Waals surface area contributed by atoms with E-state index in [9.17, 15) is 10.0 Å². The van der Waals surface area contributed by atoms with Crippen molar-refractivity contribution in [2.45, 2.75) is 25.4 Å². The van der Waals surface area contributed by atoms with Crippen LogP contribution in [0.25, 0.3) is 0 Å². The van der Waals surface area contributed by atoms with E-state index in [-0.39, 0.29) is 0 Å². The third-order valence-electron chi connectivity index (χ3n) is 2.08. The van der Waals surface area contributed by atoms with E-state index in [2.05, 4.69) is 43.7 Å². The molecule has 0 spiro atoms. The number of thiol groups is 1. The average molecular weight is 264 g/mol. The summed E-state index contributed by atoms with van der Waals surface area (Å²) in [6, 6.07) is 5.38. The van der Waals surface area contributed by atoms with Gasteiger partial charge in [-0.1, -0.05) is 31.6 Å². The minimum atomic E-state index is -1.46. The molecule has 1 aromatic rings. The normalized spacial score (nSPS) is 10.7. The van der Waals surface area contributed by atoms with Crippen LogP contribution in [-0.4, -0.2) is 25.2 Å². The molecule has 2 N–H and O–H groups in total. The van der Waals surface area contributed by atoms with Crippen molar-refractivity contribution >= 4 is 33.3 Å². The van der Waals surface area contributed by atoms with Gasteiger partial charge >= 0.3 is 7.12 Å². The highest BCUT2D eigenvalue weighted by atomic mass is 32.1. The van der Waals surface area contributed by atoms with Gasteiger partial charge in [0, 0.05) is 11.3 Å². The Morgan fingerprint density at radius 3 is 2.35 bits per heavy atom. The molecule has 0 atom stereocenters. The van der Waals surface area contributed by atoms with Gasteiger partial charge in [0.1, 0.15) is 8.07 Å². The highest BCUT2D eigenvalue weighted by Crippen LogP contribution is 2.06. The van der Waals surface area contributed by atoms with Crippen molar-refractivity contribution in [3.63, 3.8) is 0 Å². The minimum Gasteiger partial charge on any atom is -0.423 e. The highest BCUT2D eigenvalue weighted by Gasteiger charge is 2.12. The molecular weight excluding hydrogens is 247 g/mol. The van der Waals surface area contributed by atoms with E-state index in [1.807, 2.05) is 6.07 Å². The molecular formula is C12H17BO2SSi. The zero-order valence-corrected chi connectivity index (χ0v) is 12.3. The van der Waals surface area contributed by atoms with Crippen molar-refractivity contribution in [2.75, 3.05) is 0 Å². The van der Waals surface area contributed by atoms with Gasteiger partial charge in [-0.05, 0) is 23.2 Å². The van der Waals surface area contributed by atoms with Gasteiger partial charge in [-0.15, -0.1) is 5.54 Å². The van der Waals surface area contributed by atoms with Crippen molar-refractivity contribution < 1.29 is 10.0 Å². The molecule has 0 aliphatic carbocycles. The molecule has 0 heterocycles. The van der Waals surface area contributed by atoms with Gasteiger partial charge < -0.3 is 10.0 Å². The summed E-state index contributed by atoms with van der Waals surface area (Å²) < 4.78 is 0. The molecule has 1 aromatic carbocycles. The summed E-state index contributed by atoms with van der Waals surface area (Å²) in [5.41, 5.74) is 5.49. The Hall–Kier alpha value is -0.668. The summed E-state index contributed by atoms with van der Waals surface area (Å²) in [6.45, 7) is 6.51. The van der Waals surface area contributed by atoms with E-state index in [4.69, 9.17) is 0 Å². The van der Waals surface area contributed by atoms with E-state index in [1.165, 1.54) is 0 Å². The quantitative estimate of drug-likeness (QED) is 0.424. The van der Waals surface area contributed by atoms with Crippen LogP contribution in [0.2, 0.25) is 19.6 Å². The predicted octanol–water partition coefficient (Wildman–Crippen LogP) is 1.03. The maximum atomic E-state index is 9.19. The molecule has 0 bridgehead atoms. The maximum absolute atomic E-state index is 9.19. The molecule has 90 valence electrons. The van der Waals surface area contributed by atoms with E-state index >= 15 is 0 Å². The van der Waals surface area contributed by atoms with Crippen LogP contribution in [0.4, 0.5) is 0 Å². The molecule has 0 radical (unpaired) electrons. The monoisotopic (exact) mass is 264 g/mol. The fourth-order valence-corrected chi connectivity index (χ4v) is 1.99. The fourth-order valence-electron chi connectivity index (χ4n) is 1.29. The van der Waals surface area contributed by atoms with Crippen LogP contribution < -0.4 is 5.46 Å². The van der Waals surface area contributed by atoms with E-state index in [0.29, 0.717) is 11.2 Å². The lowest BCUT2D eigenvalue weighted by Gasteiger charge is -2.06. The second-order valence-electron chi connectivity index (χ2n) is 5.00. The Bertz CT molecular complexity index is 458. The van der Waals surface area contributed by atoms with Crippen molar-refractivity contribution in [3.05, 3.63) is 29.3 Å². The number of benzene rings is 1. The number of hydrogen-bond donors (Lipinski definition) is 3. The fraction of sp³-hybridized carbons (Fsp3) is 0.333. The Labute approximate surface area is 110 Å².